The number of hydrogen-bond acceptors (Lipinski definition) is 5. The Hall–Kier alpha value is -3.36. The van der Waals surface area contributed by atoms with Crippen LogP contribution in [0.15, 0.2) is 49.1 Å². The lowest BCUT2D eigenvalue weighted by atomic mass is 10.3. The van der Waals surface area contributed by atoms with E-state index in [-0.39, 0.29) is 11.6 Å². The van der Waals surface area contributed by atoms with E-state index >= 15 is 0 Å². The van der Waals surface area contributed by atoms with Gasteiger partial charge in [-0.2, -0.15) is 5.10 Å². The molecule has 0 saturated heterocycles. The van der Waals surface area contributed by atoms with E-state index in [0.717, 1.165) is 12.1 Å². The SMILES string of the molecule is O=C(COc1ccc(F)cc1F)Nc1cc(-n2cccn2)ncn1. The van der Waals surface area contributed by atoms with Gasteiger partial charge in [-0.25, -0.2) is 23.4 Å². The van der Waals surface area contributed by atoms with Crippen LogP contribution in [0.4, 0.5) is 14.6 Å². The second-order valence-corrected chi connectivity index (χ2v) is 4.62. The summed E-state index contributed by atoms with van der Waals surface area (Å²) in [4.78, 5) is 19.8. The summed E-state index contributed by atoms with van der Waals surface area (Å²) in [7, 11) is 0. The monoisotopic (exact) mass is 331 g/mol. The molecule has 0 unspecified atom stereocenters. The first-order valence-corrected chi connectivity index (χ1v) is 6.81. The molecule has 1 aromatic carbocycles. The molecule has 0 bridgehead atoms. The molecule has 1 amide bonds. The number of benzene rings is 1. The molecule has 2 heterocycles. The van der Waals surface area contributed by atoms with Crippen molar-refractivity contribution >= 4 is 11.7 Å². The second-order valence-electron chi connectivity index (χ2n) is 4.62. The molecule has 0 aliphatic rings. The molecular weight excluding hydrogens is 320 g/mol. The lowest BCUT2D eigenvalue weighted by Crippen LogP contribution is -2.21. The summed E-state index contributed by atoms with van der Waals surface area (Å²) in [6, 6.07) is 6.07. The smallest absolute Gasteiger partial charge is 0.263 e. The van der Waals surface area contributed by atoms with E-state index in [1.807, 2.05) is 0 Å². The first-order valence-electron chi connectivity index (χ1n) is 6.81. The molecule has 0 fully saturated rings. The molecule has 24 heavy (non-hydrogen) atoms. The van der Waals surface area contributed by atoms with Crippen LogP contribution in [-0.4, -0.2) is 32.3 Å². The summed E-state index contributed by atoms with van der Waals surface area (Å²) < 4.78 is 32.7. The van der Waals surface area contributed by atoms with Crippen molar-refractivity contribution in [2.45, 2.75) is 0 Å². The topological polar surface area (TPSA) is 81.9 Å². The Kier molecular flexibility index (Phi) is 4.41. The molecule has 2 aromatic heterocycles. The van der Waals surface area contributed by atoms with Crippen molar-refractivity contribution in [2.24, 2.45) is 0 Å². The molecule has 122 valence electrons. The van der Waals surface area contributed by atoms with Crippen molar-refractivity contribution in [1.82, 2.24) is 19.7 Å². The van der Waals surface area contributed by atoms with Gasteiger partial charge in [0.05, 0.1) is 0 Å². The zero-order valence-electron chi connectivity index (χ0n) is 12.2. The van der Waals surface area contributed by atoms with E-state index < -0.39 is 24.1 Å². The zero-order chi connectivity index (χ0) is 16.9. The molecule has 3 rings (SSSR count). The summed E-state index contributed by atoms with van der Waals surface area (Å²) in [5.74, 6) is -1.67. The molecule has 0 radical (unpaired) electrons. The van der Waals surface area contributed by atoms with Crippen LogP contribution in [0.3, 0.4) is 0 Å². The molecule has 0 atom stereocenters. The molecule has 0 aliphatic heterocycles. The van der Waals surface area contributed by atoms with Gasteiger partial charge < -0.3 is 10.1 Å². The number of carbonyl (C=O) groups excluding carboxylic acids is 1. The number of nitrogens with one attached hydrogen (secondary N) is 1. The molecule has 0 aliphatic carbocycles. The lowest BCUT2D eigenvalue weighted by molar-refractivity contribution is -0.118. The number of rotatable bonds is 5. The lowest BCUT2D eigenvalue weighted by Gasteiger charge is -2.08. The van der Waals surface area contributed by atoms with E-state index in [4.69, 9.17) is 4.74 Å². The molecule has 1 N–H and O–H groups in total. The Morgan fingerprint density at radius 3 is 2.88 bits per heavy atom. The van der Waals surface area contributed by atoms with Crippen LogP contribution >= 0.6 is 0 Å². The fourth-order valence-corrected chi connectivity index (χ4v) is 1.86. The van der Waals surface area contributed by atoms with Gasteiger partial charge in [-0.1, -0.05) is 0 Å². The van der Waals surface area contributed by atoms with E-state index in [2.05, 4.69) is 20.4 Å². The largest absolute Gasteiger partial charge is 0.481 e. The summed E-state index contributed by atoms with van der Waals surface area (Å²) in [6.45, 7) is -0.455. The predicted octanol–water partition coefficient (Wildman–Crippen LogP) is 1.96. The van der Waals surface area contributed by atoms with Gasteiger partial charge in [0.2, 0.25) is 0 Å². The van der Waals surface area contributed by atoms with Crippen molar-refractivity contribution in [2.75, 3.05) is 11.9 Å². The van der Waals surface area contributed by atoms with Gasteiger partial charge in [0.1, 0.15) is 18.0 Å². The second kappa shape index (κ2) is 6.82. The van der Waals surface area contributed by atoms with Gasteiger partial charge in [0, 0.05) is 24.5 Å². The molecule has 0 saturated carbocycles. The Morgan fingerprint density at radius 1 is 1.25 bits per heavy atom. The Bertz CT molecular complexity index is 855. The van der Waals surface area contributed by atoms with Crippen LogP contribution in [-0.2, 0) is 4.79 Å². The summed E-state index contributed by atoms with van der Waals surface area (Å²) in [5, 5.41) is 6.51. The van der Waals surface area contributed by atoms with E-state index in [9.17, 15) is 13.6 Å². The van der Waals surface area contributed by atoms with Crippen LogP contribution < -0.4 is 10.1 Å². The van der Waals surface area contributed by atoms with Crippen LogP contribution in [0.2, 0.25) is 0 Å². The van der Waals surface area contributed by atoms with Gasteiger partial charge in [0.15, 0.2) is 24.0 Å². The van der Waals surface area contributed by atoms with Crippen LogP contribution in [0.1, 0.15) is 0 Å². The Morgan fingerprint density at radius 2 is 2.12 bits per heavy atom. The van der Waals surface area contributed by atoms with E-state index in [1.54, 1.807) is 18.5 Å². The maximum absolute atomic E-state index is 13.4. The normalized spacial score (nSPS) is 10.4. The number of nitrogens with zero attached hydrogens (tertiary/aromatic N) is 4. The average molecular weight is 331 g/mol. The van der Waals surface area contributed by atoms with Crippen molar-refractivity contribution in [3.63, 3.8) is 0 Å². The molecule has 9 heteroatoms. The quantitative estimate of drug-likeness (QED) is 0.773. The van der Waals surface area contributed by atoms with Crippen LogP contribution in [0, 0.1) is 11.6 Å². The molecule has 7 nitrogen and oxygen atoms in total. The number of carbonyl (C=O) groups is 1. The number of amides is 1. The number of ether oxygens (including phenoxy) is 1. The van der Waals surface area contributed by atoms with Crippen molar-refractivity contribution in [1.29, 1.82) is 0 Å². The van der Waals surface area contributed by atoms with Crippen molar-refractivity contribution < 1.29 is 18.3 Å². The third-order valence-corrected chi connectivity index (χ3v) is 2.91. The van der Waals surface area contributed by atoms with E-state index in [1.165, 1.54) is 17.1 Å². The summed E-state index contributed by atoms with van der Waals surface area (Å²) >= 11 is 0. The average Bonchev–Trinajstić information content (AvgIpc) is 3.09. The Labute approximate surface area is 134 Å². The maximum atomic E-state index is 13.4. The third-order valence-electron chi connectivity index (χ3n) is 2.91. The van der Waals surface area contributed by atoms with Gasteiger partial charge in [-0.3, -0.25) is 4.79 Å². The van der Waals surface area contributed by atoms with Crippen molar-refractivity contribution in [3.05, 3.63) is 60.7 Å². The fourth-order valence-electron chi connectivity index (χ4n) is 1.86. The zero-order valence-corrected chi connectivity index (χ0v) is 12.2. The first-order chi connectivity index (χ1) is 11.6. The number of anilines is 1. The summed E-state index contributed by atoms with van der Waals surface area (Å²) in [5.41, 5.74) is 0. The number of aromatic nitrogens is 4. The number of hydrogen-bond donors (Lipinski definition) is 1. The van der Waals surface area contributed by atoms with Gasteiger partial charge in [-0.15, -0.1) is 0 Å². The van der Waals surface area contributed by atoms with Gasteiger partial charge in [0.25, 0.3) is 5.91 Å². The highest BCUT2D eigenvalue weighted by molar-refractivity contribution is 5.91. The minimum absolute atomic E-state index is 0.216. The fraction of sp³-hybridized carbons (Fsp3) is 0.0667. The number of halogens is 2. The highest BCUT2D eigenvalue weighted by atomic mass is 19.1. The maximum Gasteiger partial charge on any atom is 0.263 e. The third kappa shape index (κ3) is 3.69. The highest BCUT2D eigenvalue weighted by Crippen LogP contribution is 2.17. The van der Waals surface area contributed by atoms with Crippen LogP contribution in [0.25, 0.3) is 5.82 Å². The standard InChI is InChI=1S/C15H11F2N5O2/c16-10-2-3-12(11(17)6-10)24-8-15(23)21-13-7-14(19-9-18-13)22-5-1-4-20-22/h1-7,9H,8H2,(H,18,19,21,23). The summed E-state index contributed by atoms with van der Waals surface area (Å²) in [6.07, 6.45) is 4.55. The Balaban J connectivity index is 1.62. The van der Waals surface area contributed by atoms with Crippen LogP contribution in [0.5, 0.6) is 5.75 Å². The van der Waals surface area contributed by atoms with Crippen molar-refractivity contribution in [3.8, 4) is 11.6 Å². The minimum atomic E-state index is -0.884. The van der Waals surface area contributed by atoms with Gasteiger partial charge in [-0.05, 0) is 18.2 Å². The van der Waals surface area contributed by atoms with E-state index in [0.29, 0.717) is 11.9 Å². The molecule has 3 aromatic rings. The van der Waals surface area contributed by atoms with Gasteiger partial charge >= 0.3 is 0 Å². The molecule has 0 spiro atoms. The highest BCUT2D eigenvalue weighted by Gasteiger charge is 2.10. The first kappa shape index (κ1) is 15.5. The molecular formula is C15H11F2N5O2. The predicted molar refractivity (Wildman–Crippen MR) is 79.6 cm³/mol. The minimum Gasteiger partial charge on any atom is -0.481 e.